The largest absolute Gasteiger partial charge is 0.349 e. The van der Waals surface area contributed by atoms with E-state index in [0.29, 0.717) is 31.8 Å². The van der Waals surface area contributed by atoms with Gasteiger partial charge >= 0.3 is 0 Å². The minimum absolute atomic E-state index is 0.0343. The Balaban J connectivity index is 1.60. The molecule has 0 unspecified atom stereocenters. The average molecular weight is 318 g/mol. The highest BCUT2D eigenvalue weighted by molar-refractivity contribution is 5.76. The first kappa shape index (κ1) is 15.9. The average Bonchev–Trinajstić information content (AvgIpc) is 3.18. The third-order valence-electron chi connectivity index (χ3n) is 4.68. The van der Waals surface area contributed by atoms with Crippen molar-refractivity contribution in [1.82, 2.24) is 14.9 Å². The fourth-order valence-corrected chi connectivity index (χ4v) is 3.43. The molecule has 0 radical (unpaired) electrons. The van der Waals surface area contributed by atoms with Crippen molar-refractivity contribution >= 4 is 11.7 Å². The molecule has 1 aromatic rings. The molecule has 1 aromatic heterocycles. The molecule has 23 heavy (non-hydrogen) atoms. The molecule has 1 aliphatic carbocycles. The molecule has 1 amide bonds. The molecular weight excluding hydrogens is 295 g/mol. The molecule has 1 aliphatic heterocycles. The summed E-state index contributed by atoms with van der Waals surface area (Å²) in [6.45, 7) is 0.856. The number of anilines is 1. The molecule has 0 spiro atoms. The third-order valence-corrected chi connectivity index (χ3v) is 4.68. The van der Waals surface area contributed by atoms with Crippen molar-refractivity contribution in [3.63, 3.8) is 0 Å². The number of rotatable bonds is 5. The Morgan fingerprint density at radius 3 is 3.09 bits per heavy atom. The van der Waals surface area contributed by atoms with Crippen LogP contribution in [0.1, 0.15) is 25.7 Å². The Labute approximate surface area is 136 Å². The van der Waals surface area contributed by atoms with Crippen LogP contribution in [0.3, 0.4) is 0 Å². The van der Waals surface area contributed by atoms with E-state index in [-0.39, 0.29) is 11.9 Å². The summed E-state index contributed by atoms with van der Waals surface area (Å²) >= 11 is 0. The molecule has 1 saturated heterocycles. The number of carbonyl (C=O) groups is 1. The topological polar surface area (TPSA) is 49.3 Å². The Bertz CT molecular complexity index is 565. The zero-order valence-electron chi connectivity index (χ0n) is 13.4. The second-order valence-corrected chi connectivity index (χ2v) is 6.45. The number of alkyl halides is 1. The number of allylic oxidation sites excluding steroid dienone is 2. The number of aromatic nitrogens is 2. The van der Waals surface area contributed by atoms with Crippen molar-refractivity contribution < 1.29 is 9.18 Å². The number of nitrogens with zero attached hydrogens (tertiary/aromatic N) is 4. The molecule has 2 aliphatic rings. The highest BCUT2D eigenvalue weighted by Crippen LogP contribution is 2.26. The molecule has 0 aromatic carbocycles. The molecule has 6 heteroatoms. The summed E-state index contributed by atoms with van der Waals surface area (Å²) in [7, 11) is 1.81. The minimum Gasteiger partial charge on any atom is -0.349 e. The highest BCUT2D eigenvalue weighted by atomic mass is 19.1. The lowest BCUT2D eigenvalue weighted by molar-refractivity contribution is -0.130. The van der Waals surface area contributed by atoms with Gasteiger partial charge in [0, 0.05) is 32.6 Å². The predicted octanol–water partition coefficient (Wildman–Crippen LogP) is 2.21. The second-order valence-electron chi connectivity index (χ2n) is 6.45. The van der Waals surface area contributed by atoms with Gasteiger partial charge < -0.3 is 9.80 Å². The maximum Gasteiger partial charge on any atom is 0.222 e. The van der Waals surface area contributed by atoms with Crippen molar-refractivity contribution in [2.45, 2.75) is 37.9 Å². The smallest absolute Gasteiger partial charge is 0.222 e. The summed E-state index contributed by atoms with van der Waals surface area (Å²) < 4.78 is 13.9. The van der Waals surface area contributed by atoms with E-state index in [9.17, 15) is 9.18 Å². The van der Waals surface area contributed by atoms with Gasteiger partial charge in [-0.25, -0.2) is 14.4 Å². The number of likely N-dealkylation sites (N-methyl/N-ethyl adjacent to an activating group) is 1. The van der Waals surface area contributed by atoms with Crippen molar-refractivity contribution in [1.29, 1.82) is 0 Å². The van der Waals surface area contributed by atoms with E-state index in [2.05, 4.69) is 22.1 Å². The van der Waals surface area contributed by atoms with E-state index >= 15 is 0 Å². The summed E-state index contributed by atoms with van der Waals surface area (Å²) in [5.41, 5.74) is 0. The zero-order valence-corrected chi connectivity index (χ0v) is 13.4. The summed E-state index contributed by atoms with van der Waals surface area (Å²) in [6.07, 6.45) is 9.63. The van der Waals surface area contributed by atoms with Crippen LogP contribution in [0.5, 0.6) is 0 Å². The maximum atomic E-state index is 13.9. The SMILES string of the molecule is CN(C[C@@H]1C[C@H](F)CN1c1ccncn1)C(=O)C[C@@H]1C=CCC1. The van der Waals surface area contributed by atoms with Crippen LogP contribution in [-0.4, -0.2) is 53.1 Å². The lowest BCUT2D eigenvalue weighted by Crippen LogP contribution is -2.42. The van der Waals surface area contributed by atoms with Crippen molar-refractivity contribution in [2.24, 2.45) is 5.92 Å². The highest BCUT2D eigenvalue weighted by Gasteiger charge is 2.34. The Morgan fingerprint density at radius 1 is 1.52 bits per heavy atom. The molecular formula is C17H23FN4O. The standard InChI is InChI=1S/C17H23FN4O/c1-21(17(23)8-13-4-2-3-5-13)11-15-9-14(18)10-22(15)16-6-7-19-12-20-16/h2,4,6-7,12-15H,3,5,8-11H2,1H3/t13-,14+,15+/m1/s1. The second kappa shape index (κ2) is 7.06. The normalized spacial score (nSPS) is 26.7. The van der Waals surface area contributed by atoms with E-state index in [1.807, 2.05) is 11.9 Å². The van der Waals surface area contributed by atoms with Gasteiger partial charge in [0.05, 0.1) is 12.6 Å². The lowest BCUT2D eigenvalue weighted by Gasteiger charge is -2.29. The van der Waals surface area contributed by atoms with E-state index < -0.39 is 6.17 Å². The summed E-state index contributed by atoms with van der Waals surface area (Å²) in [5, 5.41) is 0. The molecule has 2 heterocycles. The van der Waals surface area contributed by atoms with Gasteiger partial charge in [0.1, 0.15) is 18.3 Å². The van der Waals surface area contributed by atoms with Crippen molar-refractivity contribution in [3.8, 4) is 0 Å². The molecule has 3 atom stereocenters. The Hall–Kier alpha value is -1.98. The van der Waals surface area contributed by atoms with E-state index in [4.69, 9.17) is 0 Å². The van der Waals surface area contributed by atoms with E-state index in [0.717, 1.165) is 18.7 Å². The number of amides is 1. The molecule has 5 nitrogen and oxygen atoms in total. The van der Waals surface area contributed by atoms with Crippen LogP contribution in [0.2, 0.25) is 0 Å². The molecule has 0 bridgehead atoms. The van der Waals surface area contributed by atoms with Gasteiger partial charge in [-0.05, 0) is 24.8 Å². The number of hydrogen-bond donors (Lipinski definition) is 0. The fraction of sp³-hybridized carbons (Fsp3) is 0.588. The zero-order chi connectivity index (χ0) is 16.2. The first-order chi connectivity index (χ1) is 11.1. The van der Waals surface area contributed by atoms with Crippen LogP contribution < -0.4 is 4.90 Å². The predicted molar refractivity (Wildman–Crippen MR) is 86.8 cm³/mol. The van der Waals surface area contributed by atoms with Crippen LogP contribution in [-0.2, 0) is 4.79 Å². The van der Waals surface area contributed by atoms with Crippen LogP contribution in [0.4, 0.5) is 10.2 Å². The van der Waals surface area contributed by atoms with Crippen molar-refractivity contribution in [3.05, 3.63) is 30.7 Å². The summed E-state index contributed by atoms with van der Waals surface area (Å²) in [6, 6.07) is 1.75. The van der Waals surface area contributed by atoms with Gasteiger partial charge in [0.25, 0.3) is 0 Å². The minimum atomic E-state index is -0.878. The monoisotopic (exact) mass is 318 g/mol. The number of carbonyl (C=O) groups excluding carboxylic acids is 1. The third kappa shape index (κ3) is 3.86. The quantitative estimate of drug-likeness (QED) is 0.781. The van der Waals surface area contributed by atoms with Gasteiger partial charge in [-0.1, -0.05) is 12.2 Å². The van der Waals surface area contributed by atoms with Gasteiger partial charge in [0.15, 0.2) is 0 Å². The number of hydrogen-bond acceptors (Lipinski definition) is 4. The molecule has 1 fully saturated rings. The summed E-state index contributed by atoms with van der Waals surface area (Å²) in [5.74, 6) is 1.22. The van der Waals surface area contributed by atoms with Crippen LogP contribution >= 0.6 is 0 Å². The van der Waals surface area contributed by atoms with Crippen molar-refractivity contribution in [2.75, 3.05) is 25.0 Å². The van der Waals surface area contributed by atoms with Crippen LogP contribution in [0.25, 0.3) is 0 Å². The van der Waals surface area contributed by atoms with E-state index in [1.165, 1.54) is 6.33 Å². The van der Waals surface area contributed by atoms with Gasteiger partial charge in [-0.2, -0.15) is 0 Å². The first-order valence-corrected chi connectivity index (χ1v) is 8.21. The van der Waals surface area contributed by atoms with Crippen LogP contribution in [0.15, 0.2) is 30.7 Å². The maximum absolute atomic E-state index is 13.9. The van der Waals surface area contributed by atoms with Gasteiger partial charge in [-0.15, -0.1) is 0 Å². The molecule has 0 N–H and O–H groups in total. The Morgan fingerprint density at radius 2 is 2.39 bits per heavy atom. The first-order valence-electron chi connectivity index (χ1n) is 8.21. The van der Waals surface area contributed by atoms with Gasteiger partial charge in [0.2, 0.25) is 5.91 Å². The fourth-order valence-electron chi connectivity index (χ4n) is 3.43. The van der Waals surface area contributed by atoms with Gasteiger partial charge in [-0.3, -0.25) is 4.79 Å². The van der Waals surface area contributed by atoms with E-state index in [1.54, 1.807) is 17.2 Å². The molecule has 3 rings (SSSR count). The molecule has 124 valence electrons. The molecule has 0 saturated carbocycles. The lowest BCUT2D eigenvalue weighted by atomic mass is 10.0. The van der Waals surface area contributed by atoms with Crippen LogP contribution in [0, 0.1) is 5.92 Å². The summed E-state index contributed by atoms with van der Waals surface area (Å²) in [4.78, 5) is 24.2. The Kier molecular flexibility index (Phi) is 4.88. The number of halogens is 1.